The standard InChI is InChI=1S/C18H22O2/c1-14-4-3-5-16(12-14)13-18(19)17-8-6-15(7-9-17)10-11-20-2/h3-9,12,18-19H,10-11,13H2,1-2H3. The summed E-state index contributed by atoms with van der Waals surface area (Å²) >= 11 is 0. The first-order valence-corrected chi connectivity index (χ1v) is 7.00. The molecule has 1 atom stereocenters. The van der Waals surface area contributed by atoms with Gasteiger partial charge in [-0.05, 0) is 30.0 Å². The topological polar surface area (TPSA) is 29.5 Å². The van der Waals surface area contributed by atoms with Crippen LogP contribution in [0.15, 0.2) is 48.5 Å². The Morgan fingerprint density at radius 3 is 2.45 bits per heavy atom. The second kappa shape index (κ2) is 7.22. The van der Waals surface area contributed by atoms with Crippen molar-refractivity contribution in [2.24, 2.45) is 0 Å². The van der Waals surface area contributed by atoms with E-state index in [0.29, 0.717) is 6.42 Å². The Morgan fingerprint density at radius 1 is 1.05 bits per heavy atom. The molecule has 106 valence electrons. The van der Waals surface area contributed by atoms with E-state index in [-0.39, 0.29) is 0 Å². The predicted octanol–water partition coefficient (Wildman–Crippen LogP) is 3.46. The molecule has 2 aromatic rings. The van der Waals surface area contributed by atoms with Gasteiger partial charge in [0.2, 0.25) is 0 Å². The maximum Gasteiger partial charge on any atom is 0.0830 e. The Balaban J connectivity index is 2.00. The number of benzene rings is 2. The second-order valence-corrected chi connectivity index (χ2v) is 5.19. The first-order valence-electron chi connectivity index (χ1n) is 7.00. The monoisotopic (exact) mass is 270 g/mol. The molecule has 0 fully saturated rings. The lowest BCUT2D eigenvalue weighted by molar-refractivity contribution is 0.178. The molecule has 1 N–H and O–H groups in total. The molecule has 0 aliphatic heterocycles. The zero-order chi connectivity index (χ0) is 14.4. The summed E-state index contributed by atoms with van der Waals surface area (Å²) in [6.45, 7) is 2.80. The van der Waals surface area contributed by atoms with Crippen molar-refractivity contribution in [1.82, 2.24) is 0 Å². The second-order valence-electron chi connectivity index (χ2n) is 5.19. The summed E-state index contributed by atoms with van der Waals surface area (Å²) < 4.78 is 5.06. The minimum Gasteiger partial charge on any atom is -0.388 e. The van der Waals surface area contributed by atoms with Crippen LogP contribution in [0.1, 0.15) is 28.4 Å². The van der Waals surface area contributed by atoms with Crippen LogP contribution in [0.3, 0.4) is 0 Å². The highest BCUT2D eigenvalue weighted by Gasteiger charge is 2.08. The number of rotatable bonds is 6. The van der Waals surface area contributed by atoms with E-state index >= 15 is 0 Å². The molecule has 0 heterocycles. The van der Waals surface area contributed by atoms with Gasteiger partial charge < -0.3 is 9.84 Å². The molecule has 2 nitrogen and oxygen atoms in total. The maximum absolute atomic E-state index is 10.3. The molecule has 0 saturated carbocycles. The Labute approximate surface area is 121 Å². The molecule has 0 spiro atoms. The van der Waals surface area contributed by atoms with Crippen LogP contribution < -0.4 is 0 Å². The van der Waals surface area contributed by atoms with Crippen LogP contribution in [0, 0.1) is 6.92 Å². The van der Waals surface area contributed by atoms with Gasteiger partial charge in [0.05, 0.1) is 12.7 Å². The highest BCUT2D eigenvalue weighted by molar-refractivity contribution is 5.28. The van der Waals surface area contributed by atoms with E-state index in [1.165, 1.54) is 16.7 Å². The number of ether oxygens (including phenoxy) is 1. The normalized spacial score (nSPS) is 12.3. The molecule has 0 radical (unpaired) electrons. The number of hydrogen-bond donors (Lipinski definition) is 1. The van der Waals surface area contributed by atoms with Crippen molar-refractivity contribution in [2.45, 2.75) is 25.9 Å². The van der Waals surface area contributed by atoms with Crippen LogP contribution in [-0.2, 0) is 17.6 Å². The van der Waals surface area contributed by atoms with Crippen molar-refractivity contribution in [1.29, 1.82) is 0 Å². The number of aryl methyl sites for hydroxylation is 1. The number of methoxy groups -OCH3 is 1. The summed E-state index contributed by atoms with van der Waals surface area (Å²) in [5.41, 5.74) is 4.59. The Hall–Kier alpha value is -1.64. The van der Waals surface area contributed by atoms with Gasteiger partial charge in [-0.2, -0.15) is 0 Å². The molecule has 2 aromatic carbocycles. The van der Waals surface area contributed by atoms with Crippen molar-refractivity contribution in [3.05, 3.63) is 70.8 Å². The van der Waals surface area contributed by atoms with Crippen molar-refractivity contribution in [3.8, 4) is 0 Å². The lowest BCUT2D eigenvalue weighted by Gasteiger charge is -2.12. The SMILES string of the molecule is COCCc1ccc(C(O)Cc2cccc(C)c2)cc1. The van der Waals surface area contributed by atoms with Gasteiger partial charge in [-0.1, -0.05) is 54.1 Å². The van der Waals surface area contributed by atoms with Crippen LogP contribution in [0.4, 0.5) is 0 Å². The van der Waals surface area contributed by atoms with Gasteiger partial charge in [-0.3, -0.25) is 0 Å². The molecular weight excluding hydrogens is 248 g/mol. The number of hydrogen-bond acceptors (Lipinski definition) is 2. The highest BCUT2D eigenvalue weighted by atomic mass is 16.5. The zero-order valence-electron chi connectivity index (χ0n) is 12.2. The molecule has 0 aromatic heterocycles. The fraction of sp³-hybridized carbons (Fsp3) is 0.333. The minimum atomic E-state index is -0.451. The summed E-state index contributed by atoms with van der Waals surface area (Å²) in [6.07, 6.45) is 1.11. The third-order valence-electron chi connectivity index (χ3n) is 3.47. The van der Waals surface area contributed by atoms with E-state index in [1.54, 1.807) is 7.11 Å². The molecule has 20 heavy (non-hydrogen) atoms. The van der Waals surface area contributed by atoms with Crippen molar-refractivity contribution in [3.63, 3.8) is 0 Å². The summed E-state index contributed by atoms with van der Waals surface area (Å²) in [6, 6.07) is 16.4. The minimum absolute atomic E-state index is 0.451. The maximum atomic E-state index is 10.3. The van der Waals surface area contributed by atoms with E-state index < -0.39 is 6.10 Å². The van der Waals surface area contributed by atoms with Crippen LogP contribution in [0.5, 0.6) is 0 Å². The molecule has 0 saturated heterocycles. The largest absolute Gasteiger partial charge is 0.388 e. The lowest BCUT2D eigenvalue weighted by atomic mass is 9.99. The molecule has 2 rings (SSSR count). The van der Waals surface area contributed by atoms with E-state index in [1.807, 2.05) is 18.2 Å². The van der Waals surface area contributed by atoms with E-state index in [2.05, 4.69) is 37.3 Å². The van der Waals surface area contributed by atoms with Crippen LogP contribution in [-0.4, -0.2) is 18.8 Å². The Kier molecular flexibility index (Phi) is 5.33. The predicted molar refractivity (Wildman–Crippen MR) is 81.9 cm³/mol. The van der Waals surface area contributed by atoms with Crippen molar-refractivity contribution >= 4 is 0 Å². The molecular formula is C18H22O2. The fourth-order valence-corrected chi connectivity index (χ4v) is 2.31. The summed E-state index contributed by atoms with van der Waals surface area (Å²) in [7, 11) is 1.71. The van der Waals surface area contributed by atoms with Crippen LogP contribution >= 0.6 is 0 Å². The van der Waals surface area contributed by atoms with E-state index in [9.17, 15) is 5.11 Å². The Bertz CT molecular complexity index is 531. The van der Waals surface area contributed by atoms with Gasteiger partial charge in [0.25, 0.3) is 0 Å². The Morgan fingerprint density at radius 2 is 1.80 bits per heavy atom. The number of aliphatic hydroxyl groups is 1. The number of aliphatic hydroxyl groups excluding tert-OH is 1. The van der Waals surface area contributed by atoms with Gasteiger partial charge in [0.15, 0.2) is 0 Å². The van der Waals surface area contributed by atoms with Crippen LogP contribution in [0.2, 0.25) is 0 Å². The summed E-state index contributed by atoms with van der Waals surface area (Å²) in [4.78, 5) is 0. The molecule has 0 bridgehead atoms. The van der Waals surface area contributed by atoms with E-state index in [0.717, 1.165) is 18.6 Å². The summed E-state index contributed by atoms with van der Waals surface area (Å²) in [5, 5.41) is 10.3. The first kappa shape index (κ1) is 14.8. The third-order valence-corrected chi connectivity index (χ3v) is 3.47. The average Bonchev–Trinajstić information content (AvgIpc) is 2.45. The van der Waals surface area contributed by atoms with Gasteiger partial charge >= 0.3 is 0 Å². The highest BCUT2D eigenvalue weighted by Crippen LogP contribution is 2.19. The van der Waals surface area contributed by atoms with Crippen LogP contribution in [0.25, 0.3) is 0 Å². The molecule has 2 heteroatoms. The zero-order valence-corrected chi connectivity index (χ0v) is 12.2. The average molecular weight is 270 g/mol. The summed E-state index contributed by atoms with van der Waals surface area (Å²) in [5.74, 6) is 0. The van der Waals surface area contributed by atoms with Gasteiger partial charge in [0.1, 0.15) is 0 Å². The molecule has 0 aliphatic rings. The van der Waals surface area contributed by atoms with Crippen molar-refractivity contribution < 1.29 is 9.84 Å². The smallest absolute Gasteiger partial charge is 0.0830 e. The van der Waals surface area contributed by atoms with Gasteiger partial charge in [0, 0.05) is 13.5 Å². The van der Waals surface area contributed by atoms with Gasteiger partial charge in [-0.15, -0.1) is 0 Å². The molecule has 0 aliphatic carbocycles. The van der Waals surface area contributed by atoms with E-state index in [4.69, 9.17) is 4.74 Å². The third kappa shape index (κ3) is 4.19. The lowest BCUT2D eigenvalue weighted by Crippen LogP contribution is -2.02. The van der Waals surface area contributed by atoms with Crippen molar-refractivity contribution in [2.75, 3.05) is 13.7 Å². The van der Waals surface area contributed by atoms with Gasteiger partial charge in [-0.25, -0.2) is 0 Å². The quantitative estimate of drug-likeness (QED) is 0.871. The molecule has 1 unspecified atom stereocenters. The fourth-order valence-electron chi connectivity index (χ4n) is 2.31. The first-order chi connectivity index (χ1) is 9.69. The molecule has 0 amide bonds.